The van der Waals surface area contributed by atoms with Gasteiger partial charge in [-0.15, -0.1) is 0 Å². The van der Waals surface area contributed by atoms with Gasteiger partial charge < -0.3 is 14.6 Å². The first-order chi connectivity index (χ1) is 10.5. The number of nitrogens with zero attached hydrogens (tertiary/aromatic N) is 1. The number of carboxylic acids is 1. The molecule has 0 radical (unpaired) electrons. The standard InChI is InChI=1S/C16H25NO6/c1-9(2)11-8-17(15(21)23-16(3,4)5)13(14(19)20)10(11)7-12(18)22-6/h10-11,13H,1,7-8H2,2-6H3,(H,19,20)/t10-,11+,13-/m1/s1. The van der Waals surface area contributed by atoms with Gasteiger partial charge in [0.1, 0.15) is 11.6 Å². The average Bonchev–Trinajstić information content (AvgIpc) is 2.76. The van der Waals surface area contributed by atoms with Crippen LogP contribution in [0.4, 0.5) is 4.79 Å². The lowest BCUT2D eigenvalue weighted by Gasteiger charge is -2.28. The minimum absolute atomic E-state index is 0.0930. The zero-order chi connectivity index (χ0) is 17.9. The fraction of sp³-hybridized carbons (Fsp3) is 0.688. The summed E-state index contributed by atoms with van der Waals surface area (Å²) in [5.74, 6) is -2.58. The monoisotopic (exact) mass is 327 g/mol. The predicted molar refractivity (Wildman–Crippen MR) is 82.8 cm³/mol. The summed E-state index contributed by atoms with van der Waals surface area (Å²) >= 11 is 0. The van der Waals surface area contributed by atoms with Gasteiger partial charge in [-0.3, -0.25) is 9.69 Å². The molecule has 0 aliphatic carbocycles. The molecule has 1 aliphatic heterocycles. The SMILES string of the molecule is C=C(C)[C@@H]1CN(C(=O)OC(C)(C)C)[C@@H](C(=O)O)[C@@H]1CC(=O)OC. The number of carboxylic acid groups (broad SMARTS) is 1. The summed E-state index contributed by atoms with van der Waals surface area (Å²) in [6.45, 7) is 10.9. The lowest BCUT2D eigenvalue weighted by atomic mass is 9.84. The van der Waals surface area contributed by atoms with E-state index in [1.165, 1.54) is 12.0 Å². The zero-order valence-corrected chi connectivity index (χ0v) is 14.3. The van der Waals surface area contributed by atoms with Crippen molar-refractivity contribution < 1.29 is 29.0 Å². The number of methoxy groups -OCH3 is 1. The molecule has 0 bridgehead atoms. The molecule has 7 nitrogen and oxygen atoms in total. The highest BCUT2D eigenvalue weighted by Crippen LogP contribution is 2.37. The van der Waals surface area contributed by atoms with Crippen LogP contribution in [0.1, 0.15) is 34.1 Å². The maximum atomic E-state index is 12.3. The number of esters is 1. The molecule has 1 fully saturated rings. The molecule has 1 heterocycles. The fourth-order valence-corrected chi connectivity index (χ4v) is 2.79. The first kappa shape index (κ1) is 19.0. The molecule has 0 unspecified atom stereocenters. The Labute approximate surface area is 136 Å². The van der Waals surface area contributed by atoms with Crippen molar-refractivity contribution in [3.05, 3.63) is 12.2 Å². The van der Waals surface area contributed by atoms with Crippen LogP contribution in [0.5, 0.6) is 0 Å². The van der Waals surface area contributed by atoms with Crippen molar-refractivity contribution in [1.82, 2.24) is 4.90 Å². The summed E-state index contributed by atoms with van der Waals surface area (Å²) in [6, 6.07) is -1.15. The van der Waals surface area contributed by atoms with Crippen LogP contribution in [0.3, 0.4) is 0 Å². The first-order valence-electron chi connectivity index (χ1n) is 7.42. The lowest BCUT2D eigenvalue weighted by Crippen LogP contribution is -2.45. The fourth-order valence-electron chi connectivity index (χ4n) is 2.79. The average molecular weight is 327 g/mol. The Kier molecular flexibility index (Phi) is 5.80. The number of ether oxygens (including phenoxy) is 2. The van der Waals surface area contributed by atoms with Crippen molar-refractivity contribution in [1.29, 1.82) is 0 Å². The number of amides is 1. The van der Waals surface area contributed by atoms with Crippen LogP contribution in [-0.2, 0) is 19.1 Å². The summed E-state index contributed by atoms with van der Waals surface area (Å²) < 4.78 is 9.94. The molecule has 1 N–H and O–H groups in total. The van der Waals surface area contributed by atoms with Gasteiger partial charge in [0, 0.05) is 18.4 Å². The third kappa shape index (κ3) is 4.71. The third-order valence-electron chi connectivity index (χ3n) is 3.80. The Morgan fingerprint density at radius 1 is 1.30 bits per heavy atom. The second-order valence-corrected chi connectivity index (χ2v) is 6.81. The van der Waals surface area contributed by atoms with E-state index in [-0.39, 0.29) is 18.9 Å². The van der Waals surface area contributed by atoms with E-state index in [4.69, 9.17) is 4.74 Å². The number of carbonyl (C=O) groups is 3. The largest absolute Gasteiger partial charge is 0.480 e. The first-order valence-corrected chi connectivity index (χ1v) is 7.42. The molecule has 1 saturated heterocycles. The highest BCUT2D eigenvalue weighted by atomic mass is 16.6. The Hall–Kier alpha value is -2.05. The van der Waals surface area contributed by atoms with Crippen molar-refractivity contribution >= 4 is 18.0 Å². The molecular formula is C16H25NO6. The molecule has 1 amide bonds. The van der Waals surface area contributed by atoms with Gasteiger partial charge in [0.25, 0.3) is 0 Å². The van der Waals surface area contributed by atoms with Crippen LogP contribution >= 0.6 is 0 Å². The Morgan fingerprint density at radius 2 is 1.87 bits per heavy atom. The normalized spacial score (nSPS) is 24.2. The third-order valence-corrected chi connectivity index (χ3v) is 3.80. The summed E-state index contributed by atoms with van der Waals surface area (Å²) in [7, 11) is 1.24. The molecule has 7 heteroatoms. The van der Waals surface area contributed by atoms with Gasteiger partial charge in [-0.1, -0.05) is 12.2 Å². The van der Waals surface area contributed by atoms with Gasteiger partial charge in [0.2, 0.25) is 0 Å². The van der Waals surface area contributed by atoms with E-state index in [0.29, 0.717) is 0 Å². The van der Waals surface area contributed by atoms with E-state index in [9.17, 15) is 19.5 Å². The van der Waals surface area contributed by atoms with Crippen molar-refractivity contribution in [2.75, 3.05) is 13.7 Å². The second-order valence-electron chi connectivity index (χ2n) is 6.81. The van der Waals surface area contributed by atoms with Crippen LogP contribution in [0.2, 0.25) is 0 Å². The Morgan fingerprint density at radius 3 is 2.26 bits per heavy atom. The minimum atomic E-state index is -1.17. The number of hydrogen-bond acceptors (Lipinski definition) is 5. The van der Waals surface area contributed by atoms with Gasteiger partial charge in [-0.2, -0.15) is 0 Å². The molecule has 1 aliphatic rings. The van der Waals surface area contributed by atoms with Gasteiger partial charge in [-0.05, 0) is 27.7 Å². The van der Waals surface area contributed by atoms with E-state index in [2.05, 4.69) is 11.3 Å². The highest BCUT2D eigenvalue weighted by Gasteiger charge is 2.50. The van der Waals surface area contributed by atoms with E-state index < -0.39 is 35.6 Å². The Bertz CT molecular complexity index is 507. The van der Waals surface area contributed by atoms with Crippen molar-refractivity contribution in [2.24, 2.45) is 11.8 Å². The van der Waals surface area contributed by atoms with E-state index in [1.807, 2.05) is 0 Å². The summed E-state index contributed by atoms with van der Waals surface area (Å²) in [4.78, 5) is 36.8. The summed E-state index contributed by atoms with van der Waals surface area (Å²) in [5, 5.41) is 9.56. The maximum absolute atomic E-state index is 12.3. The van der Waals surface area contributed by atoms with E-state index >= 15 is 0 Å². The van der Waals surface area contributed by atoms with Crippen molar-refractivity contribution in [3.8, 4) is 0 Å². The molecule has 0 spiro atoms. The van der Waals surface area contributed by atoms with E-state index in [0.717, 1.165) is 5.57 Å². The number of carbonyl (C=O) groups excluding carboxylic acids is 2. The summed E-state index contributed by atoms with van der Waals surface area (Å²) in [6.07, 6.45) is -0.798. The molecule has 1 rings (SSSR count). The zero-order valence-electron chi connectivity index (χ0n) is 14.3. The maximum Gasteiger partial charge on any atom is 0.411 e. The van der Waals surface area contributed by atoms with E-state index in [1.54, 1.807) is 27.7 Å². The smallest absolute Gasteiger partial charge is 0.411 e. The summed E-state index contributed by atoms with van der Waals surface area (Å²) in [5.41, 5.74) is -0.0181. The van der Waals surface area contributed by atoms with Crippen LogP contribution in [0.15, 0.2) is 12.2 Å². The Balaban J connectivity index is 3.12. The number of hydrogen-bond donors (Lipinski definition) is 1. The molecule has 0 saturated carbocycles. The quantitative estimate of drug-likeness (QED) is 0.627. The van der Waals surface area contributed by atoms with Crippen LogP contribution in [-0.4, -0.2) is 53.3 Å². The minimum Gasteiger partial charge on any atom is -0.480 e. The predicted octanol–water partition coefficient (Wildman–Crippen LogP) is 2.06. The van der Waals surface area contributed by atoms with Gasteiger partial charge in [-0.25, -0.2) is 9.59 Å². The molecule has 3 atom stereocenters. The van der Waals surface area contributed by atoms with Crippen molar-refractivity contribution in [2.45, 2.75) is 45.8 Å². The number of aliphatic carboxylic acids is 1. The molecular weight excluding hydrogens is 302 g/mol. The lowest BCUT2D eigenvalue weighted by molar-refractivity contribution is -0.146. The number of likely N-dealkylation sites (tertiary alicyclic amines) is 1. The van der Waals surface area contributed by atoms with Crippen LogP contribution in [0, 0.1) is 11.8 Å². The van der Waals surface area contributed by atoms with Crippen LogP contribution in [0.25, 0.3) is 0 Å². The van der Waals surface area contributed by atoms with Gasteiger partial charge in [0.15, 0.2) is 0 Å². The topological polar surface area (TPSA) is 93.1 Å². The molecule has 0 aromatic carbocycles. The number of rotatable bonds is 4. The second kappa shape index (κ2) is 7.02. The molecule has 23 heavy (non-hydrogen) atoms. The van der Waals surface area contributed by atoms with Crippen molar-refractivity contribution in [3.63, 3.8) is 0 Å². The highest BCUT2D eigenvalue weighted by molar-refractivity contribution is 5.82. The van der Waals surface area contributed by atoms with Gasteiger partial charge >= 0.3 is 18.0 Å². The van der Waals surface area contributed by atoms with Gasteiger partial charge in [0.05, 0.1) is 13.5 Å². The van der Waals surface area contributed by atoms with Crippen LogP contribution < -0.4 is 0 Å². The molecule has 0 aromatic rings. The molecule has 130 valence electrons. The molecule has 0 aromatic heterocycles.